The first-order valence-electron chi connectivity index (χ1n) is 8.49. The quantitative estimate of drug-likeness (QED) is 0.393. The number of hydrogen-bond donors (Lipinski definition) is 2. The molecule has 1 atom stereocenters. The molecule has 1 aliphatic rings. The summed E-state index contributed by atoms with van der Waals surface area (Å²) in [7, 11) is 1.81. The highest BCUT2D eigenvalue weighted by Crippen LogP contribution is 2.14. The van der Waals surface area contributed by atoms with Crippen LogP contribution in [0.5, 0.6) is 0 Å². The van der Waals surface area contributed by atoms with Crippen molar-refractivity contribution in [2.24, 2.45) is 4.99 Å². The first-order valence-corrected chi connectivity index (χ1v) is 9.30. The molecule has 3 heterocycles. The van der Waals surface area contributed by atoms with Crippen molar-refractivity contribution >= 4 is 41.3 Å². The molecule has 138 valence electrons. The molecule has 1 unspecified atom stereocenters. The SMILES string of the molecule is CCc1cnc(CCNC(=NC)NC2CCc3nc(C)nn3C2)s1.I. The van der Waals surface area contributed by atoms with Crippen molar-refractivity contribution in [1.82, 2.24) is 30.4 Å². The van der Waals surface area contributed by atoms with E-state index in [4.69, 9.17) is 0 Å². The average molecular weight is 475 g/mol. The molecule has 0 fully saturated rings. The van der Waals surface area contributed by atoms with Crippen LogP contribution in [-0.2, 0) is 25.8 Å². The zero-order valence-electron chi connectivity index (χ0n) is 14.9. The molecular weight excluding hydrogens is 449 g/mol. The smallest absolute Gasteiger partial charge is 0.191 e. The number of rotatable bonds is 5. The van der Waals surface area contributed by atoms with E-state index in [1.165, 1.54) is 9.88 Å². The van der Waals surface area contributed by atoms with Crippen molar-refractivity contribution in [2.75, 3.05) is 13.6 Å². The lowest BCUT2D eigenvalue weighted by Gasteiger charge is -2.25. The predicted octanol–water partition coefficient (Wildman–Crippen LogP) is 1.95. The Morgan fingerprint density at radius 2 is 2.32 bits per heavy atom. The summed E-state index contributed by atoms with van der Waals surface area (Å²) in [5.74, 6) is 2.78. The van der Waals surface area contributed by atoms with E-state index >= 15 is 0 Å². The maximum Gasteiger partial charge on any atom is 0.191 e. The lowest BCUT2D eigenvalue weighted by atomic mass is 10.1. The molecule has 0 bridgehead atoms. The average Bonchev–Trinajstić information content (AvgIpc) is 3.18. The van der Waals surface area contributed by atoms with Gasteiger partial charge in [-0.2, -0.15) is 5.10 Å². The van der Waals surface area contributed by atoms with Gasteiger partial charge in [-0.1, -0.05) is 6.92 Å². The second-order valence-corrected chi connectivity index (χ2v) is 7.16. The van der Waals surface area contributed by atoms with Crippen molar-refractivity contribution < 1.29 is 0 Å². The molecule has 0 saturated heterocycles. The second kappa shape index (κ2) is 9.46. The van der Waals surface area contributed by atoms with E-state index in [-0.39, 0.29) is 24.0 Å². The number of nitrogens with zero attached hydrogens (tertiary/aromatic N) is 5. The Bertz CT molecular complexity index is 709. The van der Waals surface area contributed by atoms with E-state index in [2.05, 4.69) is 37.6 Å². The lowest BCUT2D eigenvalue weighted by Crippen LogP contribution is -2.47. The van der Waals surface area contributed by atoms with Gasteiger partial charge in [0.05, 0.1) is 11.6 Å². The number of aromatic nitrogens is 4. The minimum atomic E-state index is 0. The van der Waals surface area contributed by atoms with Crippen molar-refractivity contribution in [1.29, 1.82) is 0 Å². The molecule has 3 rings (SSSR count). The summed E-state index contributed by atoms with van der Waals surface area (Å²) >= 11 is 1.79. The van der Waals surface area contributed by atoms with Crippen molar-refractivity contribution in [2.45, 2.75) is 52.1 Å². The van der Waals surface area contributed by atoms with E-state index in [9.17, 15) is 0 Å². The summed E-state index contributed by atoms with van der Waals surface area (Å²) in [6.45, 7) is 5.77. The summed E-state index contributed by atoms with van der Waals surface area (Å²) in [4.78, 5) is 14.6. The Labute approximate surface area is 169 Å². The Kier molecular flexibility index (Phi) is 7.60. The number of hydrogen-bond acceptors (Lipinski definition) is 5. The topological polar surface area (TPSA) is 80.0 Å². The monoisotopic (exact) mass is 475 g/mol. The molecule has 0 spiro atoms. The first-order chi connectivity index (χ1) is 11.7. The van der Waals surface area contributed by atoms with E-state index in [1.807, 2.05) is 24.9 Å². The summed E-state index contributed by atoms with van der Waals surface area (Å²) < 4.78 is 2.01. The van der Waals surface area contributed by atoms with E-state index in [0.29, 0.717) is 6.04 Å². The van der Waals surface area contributed by atoms with E-state index < -0.39 is 0 Å². The Balaban J connectivity index is 0.00000225. The van der Waals surface area contributed by atoms with Gasteiger partial charge in [0.1, 0.15) is 11.6 Å². The van der Waals surface area contributed by atoms with Crippen LogP contribution in [0.25, 0.3) is 0 Å². The number of halogens is 1. The second-order valence-electron chi connectivity index (χ2n) is 5.96. The lowest BCUT2D eigenvalue weighted by molar-refractivity contribution is 0.392. The van der Waals surface area contributed by atoms with Gasteiger partial charge in [-0.05, 0) is 19.8 Å². The van der Waals surface area contributed by atoms with Crippen LogP contribution in [0.2, 0.25) is 0 Å². The van der Waals surface area contributed by atoms with Gasteiger partial charge in [0, 0.05) is 43.5 Å². The highest BCUT2D eigenvalue weighted by molar-refractivity contribution is 14.0. The molecule has 1 aliphatic heterocycles. The van der Waals surface area contributed by atoms with Gasteiger partial charge in [0.25, 0.3) is 0 Å². The van der Waals surface area contributed by atoms with Crippen LogP contribution in [-0.4, -0.2) is 45.3 Å². The van der Waals surface area contributed by atoms with Crippen LogP contribution >= 0.6 is 35.3 Å². The molecule has 25 heavy (non-hydrogen) atoms. The van der Waals surface area contributed by atoms with Crippen molar-refractivity contribution in [3.63, 3.8) is 0 Å². The number of nitrogens with one attached hydrogen (secondary N) is 2. The minimum absolute atomic E-state index is 0. The number of aryl methyl sites for hydroxylation is 3. The molecule has 0 aromatic carbocycles. The highest BCUT2D eigenvalue weighted by atomic mass is 127. The summed E-state index contributed by atoms with van der Waals surface area (Å²) in [6.07, 6.45) is 5.95. The van der Waals surface area contributed by atoms with Gasteiger partial charge < -0.3 is 10.6 Å². The standard InChI is InChI=1S/C16H25N7S.HI/c1-4-13-9-19-15(24-13)7-8-18-16(17-3)21-12-5-6-14-20-11(2)22-23(14)10-12;/h9,12H,4-8,10H2,1-3H3,(H2,17,18,21);1H. The largest absolute Gasteiger partial charge is 0.356 e. The molecule has 0 aliphatic carbocycles. The number of aliphatic imine (C=N–C) groups is 1. The zero-order chi connectivity index (χ0) is 16.9. The van der Waals surface area contributed by atoms with Gasteiger partial charge in [-0.3, -0.25) is 4.99 Å². The summed E-state index contributed by atoms with van der Waals surface area (Å²) in [6, 6.07) is 0.330. The Morgan fingerprint density at radius 3 is 3.04 bits per heavy atom. The van der Waals surface area contributed by atoms with Crippen LogP contribution < -0.4 is 10.6 Å². The molecule has 2 aromatic rings. The molecule has 7 nitrogen and oxygen atoms in total. The fourth-order valence-corrected chi connectivity index (χ4v) is 3.72. The highest BCUT2D eigenvalue weighted by Gasteiger charge is 2.21. The third-order valence-electron chi connectivity index (χ3n) is 4.11. The Hall–Kier alpha value is -1.23. The third-order valence-corrected chi connectivity index (χ3v) is 5.31. The molecule has 9 heteroatoms. The molecule has 0 radical (unpaired) electrons. The third kappa shape index (κ3) is 5.37. The van der Waals surface area contributed by atoms with E-state index in [1.54, 1.807) is 11.3 Å². The maximum absolute atomic E-state index is 4.45. The molecule has 2 N–H and O–H groups in total. The molecule has 0 amide bonds. The Morgan fingerprint density at radius 1 is 1.48 bits per heavy atom. The van der Waals surface area contributed by atoms with Crippen molar-refractivity contribution in [3.05, 3.63) is 27.7 Å². The van der Waals surface area contributed by atoms with Crippen LogP contribution in [0.1, 0.15) is 34.9 Å². The van der Waals surface area contributed by atoms with Gasteiger partial charge in [-0.15, -0.1) is 35.3 Å². The molecular formula is C16H26IN7S. The van der Waals surface area contributed by atoms with Gasteiger partial charge in [0.2, 0.25) is 0 Å². The van der Waals surface area contributed by atoms with Gasteiger partial charge in [-0.25, -0.2) is 14.6 Å². The van der Waals surface area contributed by atoms with Crippen LogP contribution in [0.4, 0.5) is 0 Å². The fraction of sp³-hybridized carbons (Fsp3) is 0.625. The van der Waals surface area contributed by atoms with Crippen LogP contribution in [0.3, 0.4) is 0 Å². The summed E-state index contributed by atoms with van der Waals surface area (Å²) in [5, 5.41) is 12.5. The molecule has 0 saturated carbocycles. The summed E-state index contributed by atoms with van der Waals surface area (Å²) in [5.41, 5.74) is 0. The van der Waals surface area contributed by atoms with Gasteiger partial charge >= 0.3 is 0 Å². The van der Waals surface area contributed by atoms with E-state index in [0.717, 1.165) is 56.4 Å². The number of thiazole rings is 1. The zero-order valence-corrected chi connectivity index (χ0v) is 18.1. The predicted molar refractivity (Wildman–Crippen MR) is 112 cm³/mol. The number of fused-ring (bicyclic) bond motifs is 1. The van der Waals surface area contributed by atoms with Crippen molar-refractivity contribution in [3.8, 4) is 0 Å². The normalized spacial score (nSPS) is 16.9. The minimum Gasteiger partial charge on any atom is -0.356 e. The number of guanidine groups is 1. The fourth-order valence-electron chi connectivity index (χ4n) is 2.85. The van der Waals surface area contributed by atoms with Crippen LogP contribution in [0.15, 0.2) is 11.2 Å². The maximum atomic E-state index is 4.45. The first kappa shape index (κ1) is 20.1. The van der Waals surface area contributed by atoms with Gasteiger partial charge in [0.15, 0.2) is 5.96 Å². The van der Waals surface area contributed by atoms with Crippen LogP contribution in [0, 0.1) is 6.92 Å². The molecule has 2 aromatic heterocycles.